The topological polar surface area (TPSA) is 72.0 Å². The summed E-state index contributed by atoms with van der Waals surface area (Å²) in [6, 6.07) is 7.42. The number of rotatable bonds is 3. The van der Waals surface area contributed by atoms with Crippen molar-refractivity contribution in [1.82, 2.24) is 14.6 Å². The standard InChI is InChI=1S/C20H19F3N4O2/c1-19(28)8-5-14(6-9-19)25-17-7-10-27-18(26-17)16(12-24-27)13-3-2-4-15(11-13)29-20(21,22)23/h2-4,7,10-12,28H,5-6,8-9H2,1H3. The lowest BCUT2D eigenvalue weighted by Gasteiger charge is -2.28. The number of benzene rings is 1. The van der Waals surface area contributed by atoms with E-state index in [1.54, 1.807) is 29.0 Å². The van der Waals surface area contributed by atoms with Gasteiger partial charge in [0, 0.05) is 23.5 Å². The van der Waals surface area contributed by atoms with Gasteiger partial charge in [-0.2, -0.15) is 5.10 Å². The average Bonchev–Trinajstić information content (AvgIpc) is 3.05. The SMILES string of the molecule is CC1(O)CCC(=Nc2ccn3ncc(-c4cccc(OC(F)(F)F)c4)c3n2)CC1. The molecular formula is C20H19F3N4O2. The Morgan fingerprint density at radius 1 is 1.21 bits per heavy atom. The van der Waals surface area contributed by atoms with Gasteiger partial charge in [0.1, 0.15) is 5.75 Å². The molecule has 4 rings (SSSR count). The summed E-state index contributed by atoms with van der Waals surface area (Å²) in [4.78, 5) is 9.13. The van der Waals surface area contributed by atoms with Crippen molar-refractivity contribution < 1.29 is 23.0 Å². The number of aliphatic hydroxyl groups is 1. The van der Waals surface area contributed by atoms with E-state index >= 15 is 0 Å². The minimum atomic E-state index is -4.76. The summed E-state index contributed by atoms with van der Waals surface area (Å²) >= 11 is 0. The van der Waals surface area contributed by atoms with E-state index in [0.29, 0.717) is 48.3 Å². The third-order valence-corrected chi connectivity index (χ3v) is 4.91. The third kappa shape index (κ3) is 4.56. The first-order valence-electron chi connectivity index (χ1n) is 9.18. The second-order valence-corrected chi connectivity index (χ2v) is 7.36. The number of fused-ring (bicyclic) bond motifs is 1. The van der Waals surface area contributed by atoms with Gasteiger partial charge in [0.05, 0.1) is 11.8 Å². The number of aromatic nitrogens is 3. The Labute approximate surface area is 164 Å². The largest absolute Gasteiger partial charge is 0.573 e. The zero-order valence-corrected chi connectivity index (χ0v) is 15.6. The zero-order chi connectivity index (χ0) is 20.6. The molecule has 0 saturated heterocycles. The van der Waals surface area contributed by atoms with Crippen molar-refractivity contribution in [3.8, 4) is 16.9 Å². The Bertz CT molecular complexity index is 1060. The van der Waals surface area contributed by atoms with Gasteiger partial charge >= 0.3 is 6.36 Å². The Kier molecular flexibility index (Phi) is 4.77. The molecule has 3 aromatic rings. The van der Waals surface area contributed by atoms with Gasteiger partial charge in [-0.25, -0.2) is 14.5 Å². The fraction of sp³-hybridized carbons (Fsp3) is 0.350. The van der Waals surface area contributed by atoms with Crippen LogP contribution in [0, 0.1) is 0 Å². The van der Waals surface area contributed by atoms with E-state index in [2.05, 4.69) is 19.8 Å². The molecule has 0 radical (unpaired) electrons. The first-order valence-corrected chi connectivity index (χ1v) is 9.18. The molecule has 0 unspecified atom stereocenters. The minimum Gasteiger partial charge on any atom is -0.406 e. The highest BCUT2D eigenvalue weighted by Crippen LogP contribution is 2.31. The van der Waals surface area contributed by atoms with Crippen LogP contribution in [0.25, 0.3) is 16.8 Å². The molecule has 1 aliphatic carbocycles. The van der Waals surface area contributed by atoms with E-state index in [1.165, 1.54) is 18.2 Å². The van der Waals surface area contributed by atoms with Gasteiger partial charge in [0.25, 0.3) is 0 Å². The van der Waals surface area contributed by atoms with Crippen LogP contribution in [0.5, 0.6) is 5.75 Å². The summed E-state index contributed by atoms with van der Waals surface area (Å²) in [7, 11) is 0. The Balaban J connectivity index is 1.65. The quantitative estimate of drug-likeness (QED) is 0.687. The van der Waals surface area contributed by atoms with Crippen molar-refractivity contribution >= 4 is 17.2 Å². The summed E-state index contributed by atoms with van der Waals surface area (Å²) < 4.78 is 43.1. The van der Waals surface area contributed by atoms with Gasteiger partial charge < -0.3 is 9.84 Å². The number of alkyl halides is 3. The van der Waals surface area contributed by atoms with Crippen molar-refractivity contribution in [1.29, 1.82) is 0 Å². The lowest BCUT2D eigenvalue weighted by atomic mass is 9.85. The summed E-state index contributed by atoms with van der Waals surface area (Å²) in [6.45, 7) is 1.82. The molecule has 2 aromatic heterocycles. The molecule has 0 bridgehead atoms. The van der Waals surface area contributed by atoms with E-state index < -0.39 is 12.0 Å². The summed E-state index contributed by atoms with van der Waals surface area (Å²) in [6.07, 6.45) is 1.19. The predicted octanol–water partition coefficient (Wildman–Crippen LogP) is 4.69. The highest BCUT2D eigenvalue weighted by Gasteiger charge is 2.31. The summed E-state index contributed by atoms with van der Waals surface area (Å²) in [5.74, 6) is 0.193. The van der Waals surface area contributed by atoms with Gasteiger partial charge in [-0.05, 0) is 50.3 Å². The zero-order valence-electron chi connectivity index (χ0n) is 15.6. The summed E-state index contributed by atoms with van der Waals surface area (Å²) in [5, 5.41) is 14.3. The molecule has 1 N–H and O–H groups in total. The van der Waals surface area contributed by atoms with Crippen LogP contribution in [-0.2, 0) is 0 Å². The normalized spacial score (nSPS) is 20.1. The Morgan fingerprint density at radius 2 is 1.97 bits per heavy atom. The molecule has 1 saturated carbocycles. The fourth-order valence-electron chi connectivity index (χ4n) is 3.34. The van der Waals surface area contributed by atoms with Crippen LogP contribution in [-0.4, -0.2) is 37.4 Å². The molecule has 0 spiro atoms. The van der Waals surface area contributed by atoms with Crippen molar-refractivity contribution in [3.63, 3.8) is 0 Å². The second kappa shape index (κ2) is 7.14. The van der Waals surface area contributed by atoms with Crippen LogP contribution < -0.4 is 4.74 Å². The Hall–Kier alpha value is -2.94. The van der Waals surface area contributed by atoms with E-state index in [4.69, 9.17) is 0 Å². The van der Waals surface area contributed by atoms with Crippen molar-refractivity contribution in [2.24, 2.45) is 4.99 Å². The first kappa shape index (κ1) is 19.4. The highest BCUT2D eigenvalue weighted by atomic mass is 19.4. The van der Waals surface area contributed by atoms with E-state index in [9.17, 15) is 18.3 Å². The van der Waals surface area contributed by atoms with E-state index in [0.717, 1.165) is 5.71 Å². The maximum absolute atomic E-state index is 12.5. The number of hydrogen-bond donors (Lipinski definition) is 1. The van der Waals surface area contributed by atoms with Crippen LogP contribution >= 0.6 is 0 Å². The molecule has 0 aliphatic heterocycles. The molecular weight excluding hydrogens is 385 g/mol. The molecule has 0 amide bonds. The van der Waals surface area contributed by atoms with Gasteiger partial charge in [0.2, 0.25) is 0 Å². The molecule has 1 fully saturated rings. The van der Waals surface area contributed by atoms with Gasteiger partial charge in [0.15, 0.2) is 11.5 Å². The monoisotopic (exact) mass is 404 g/mol. The third-order valence-electron chi connectivity index (χ3n) is 4.91. The molecule has 1 aliphatic rings. The van der Waals surface area contributed by atoms with Crippen LogP contribution in [0.1, 0.15) is 32.6 Å². The first-order chi connectivity index (χ1) is 13.7. The van der Waals surface area contributed by atoms with Crippen LogP contribution in [0.4, 0.5) is 19.0 Å². The number of nitrogens with zero attached hydrogens (tertiary/aromatic N) is 4. The van der Waals surface area contributed by atoms with E-state index in [1.807, 2.05) is 6.92 Å². The lowest BCUT2D eigenvalue weighted by molar-refractivity contribution is -0.274. The number of hydrogen-bond acceptors (Lipinski definition) is 5. The maximum Gasteiger partial charge on any atom is 0.573 e. The van der Waals surface area contributed by atoms with Crippen LogP contribution in [0.15, 0.2) is 47.7 Å². The molecule has 6 nitrogen and oxygen atoms in total. The smallest absolute Gasteiger partial charge is 0.406 e. The average molecular weight is 404 g/mol. The molecule has 2 heterocycles. The van der Waals surface area contributed by atoms with Crippen LogP contribution in [0.2, 0.25) is 0 Å². The Morgan fingerprint density at radius 3 is 2.69 bits per heavy atom. The van der Waals surface area contributed by atoms with Gasteiger partial charge in [-0.15, -0.1) is 13.2 Å². The molecule has 29 heavy (non-hydrogen) atoms. The number of aliphatic imine (C=N–C) groups is 1. The van der Waals surface area contributed by atoms with Crippen molar-refractivity contribution in [2.75, 3.05) is 0 Å². The van der Waals surface area contributed by atoms with Crippen molar-refractivity contribution in [3.05, 3.63) is 42.7 Å². The second-order valence-electron chi connectivity index (χ2n) is 7.36. The molecule has 152 valence electrons. The van der Waals surface area contributed by atoms with E-state index in [-0.39, 0.29) is 5.75 Å². The molecule has 0 atom stereocenters. The molecule has 1 aromatic carbocycles. The highest BCUT2D eigenvalue weighted by molar-refractivity contribution is 5.87. The summed E-state index contributed by atoms with van der Waals surface area (Å²) in [5.41, 5.74) is 1.88. The van der Waals surface area contributed by atoms with Crippen LogP contribution in [0.3, 0.4) is 0 Å². The maximum atomic E-state index is 12.5. The number of halogens is 3. The number of ether oxygens (including phenoxy) is 1. The predicted molar refractivity (Wildman–Crippen MR) is 101 cm³/mol. The van der Waals surface area contributed by atoms with Gasteiger partial charge in [-0.3, -0.25) is 0 Å². The van der Waals surface area contributed by atoms with Crippen molar-refractivity contribution in [2.45, 2.75) is 44.6 Å². The minimum absolute atomic E-state index is 0.306. The van der Waals surface area contributed by atoms with Gasteiger partial charge in [-0.1, -0.05) is 12.1 Å². The molecule has 9 heteroatoms. The lowest BCUT2D eigenvalue weighted by Crippen LogP contribution is -2.30. The fourth-order valence-corrected chi connectivity index (χ4v) is 3.34.